The molecule has 1 unspecified atom stereocenters. The summed E-state index contributed by atoms with van der Waals surface area (Å²) in [5.74, 6) is 0.700. The fourth-order valence-electron chi connectivity index (χ4n) is 2.49. The van der Waals surface area contributed by atoms with Gasteiger partial charge in [-0.1, -0.05) is 42.1 Å². The van der Waals surface area contributed by atoms with Crippen molar-refractivity contribution in [2.75, 3.05) is 12.4 Å². The van der Waals surface area contributed by atoms with E-state index in [2.05, 4.69) is 4.90 Å². The van der Waals surface area contributed by atoms with Crippen molar-refractivity contribution in [2.45, 2.75) is 38.3 Å². The maximum atomic E-state index is 6.24. The lowest BCUT2D eigenvalue weighted by Gasteiger charge is -2.28. The number of benzene rings is 1. The number of hydrogen-bond acceptors (Lipinski definition) is 1. The van der Waals surface area contributed by atoms with Gasteiger partial charge >= 0.3 is 0 Å². The van der Waals surface area contributed by atoms with Gasteiger partial charge in [0.05, 0.1) is 0 Å². The second-order valence-corrected chi connectivity index (χ2v) is 6.02. The fourth-order valence-corrected chi connectivity index (χ4v) is 3.31. The smallest absolute Gasteiger partial charge is 0.0465 e. The molecule has 0 aliphatic carbocycles. The minimum absolute atomic E-state index is 0.473. The SMILES string of the molecule is ClCC1CCCCCN1Cc1ccc(Cl)cc1Cl. The number of rotatable bonds is 3. The maximum absolute atomic E-state index is 6.24. The average Bonchev–Trinajstić information content (AvgIpc) is 2.57. The zero-order chi connectivity index (χ0) is 13.0. The lowest BCUT2D eigenvalue weighted by molar-refractivity contribution is 0.207. The molecule has 0 amide bonds. The highest BCUT2D eigenvalue weighted by atomic mass is 35.5. The average molecular weight is 307 g/mol. The summed E-state index contributed by atoms with van der Waals surface area (Å²) in [5.41, 5.74) is 1.14. The second kappa shape index (κ2) is 7.00. The Morgan fingerprint density at radius 3 is 2.72 bits per heavy atom. The van der Waals surface area contributed by atoms with Crippen LogP contribution >= 0.6 is 34.8 Å². The van der Waals surface area contributed by atoms with E-state index in [1.54, 1.807) is 0 Å². The molecule has 1 atom stereocenters. The lowest BCUT2D eigenvalue weighted by Crippen LogP contribution is -2.35. The van der Waals surface area contributed by atoms with Gasteiger partial charge in [-0.3, -0.25) is 4.90 Å². The van der Waals surface area contributed by atoms with Crippen molar-refractivity contribution < 1.29 is 0 Å². The molecule has 0 spiro atoms. The molecule has 1 fully saturated rings. The third kappa shape index (κ3) is 3.77. The molecule has 0 N–H and O–H groups in total. The Hall–Kier alpha value is 0.0500. The van der Waals surface area contributed by atoms with E-state index in [1.807, 2.05) is 18.2 Å². The van der Waals surface area contributed by atoms with Crippen molar-refractivity contribution in [3.05, 3.63) is 33.8 Å². The van der Waals surface area contributed by atoms with Crippen molar-refractivity contribution in [1.29, 1.82) is 0 Å². The molecular weight excluding hydrogens is 289 g/mol. The van der Waals surface area contributed by atoms with Crippen LogP contribution in [0.1, 0.15) is 31.2 Å². The summed E-state index contributed by atoms with van der Waals surface area (Å²) in [7, 11) is 0. The van der Waals surface area contributed by atoms with Crippen LogP contribution < -0.4 is 0 Å². The zero-order valence-electron chi connectivity index (χ0n) is 10.3. The summed E-state index contributed by atoms with van der Waals surface area (Å²) in [6.45, 7) is 1.98. The van der Waals surface area contributed by atoms with Crippen LogP contribution in [-0.4, -0.2) is 23.4 Å². The third-order valence-electron chi connectivity index (χ3n) is 3.57. The summed E-state index contributed by atoms with van der Waals surface area (Å²) in [4.78, 5) is 2.45. The van der Waals surface area contributed by atoms with Crippen LogP contribution in [0.2, 0.25) is 10.0 Å². The lowest BCUT2D eigenvalue weighted by atomic mass is 10.1. The van der Waals surface area contributed by atoms with E-state index in [0.717, 1.165) is 23.7 Å². The first-order valence-electron chi connectivity index (χ1n) is 6.44. The van der Waals surface area contributed by atoms with Gasteiger partial charge in [-0.25, -0.2) is 0 Å². The predicted octanol–water partition coefficient (Wildman–Crippen LogP) is 4.98. The number of hydrogen-bond donors (Lipinski definition) is 0. The van der Waals surface area contributed by atoms with E-state index in [-0.39, 0.29) is 0 Å². The zero-order valence-corrected chi connectivity index (χ0v) is 12.6. The highest BCUT2D eigenvalue weighted by Crippen LogP contribution is 2.25. The molecule has 1 nitrogen and oxygen atoms in total. The number of likely N-dealkylation sites (tertiary alicyclic amines) is 1. The summed E-state index contributed by atoms with van der Waals surface area (Å²) < 4.78 is 0. The first-order chi connectivity index (χ1) is 8.70. The van der Waals surface area contributed by atoms with Gasteiger partial charge < -0.3 is 0 Å². The maximum Gasteiger partial charge on any atom is 0.0465 e. The molecule has 1 aromatic carbocycles. The van der Waals surface area contributed by atoms with Crippen LogP contribution in [0.4, 0.5) is 0 Å². The van der Waals surface area contributed by atoms with Crippen LogP contribution in [0.3, 0.4) is 0 Å². The highest BCUT2D eigenvalue weighted by Gasteiger charge is 2.20. The minimum Gasteiger partial charge on any atom is -0.295 e. The number of halogens is 3. The van der Waals surface area contributed by atoms with E-state index >= 15 is 0 Å². The third-order valence-corrected chi connectivity index (χ3v) is 4.51. The molecule has 100 valence electrons. The van der Waals surface area contributed by atoms with Crippen LogP contribution in [-0.2, 0) is 6.54 Å². The Balaban J connectivity index is 2.10. The normalized spacial score (nSPS) is 21.8. The van der Waals surface area contributed by atoms with Crippen molar-refractivity contribution >= 4 is 34.8 Å². The number of alkyl halides is 1. The molecule has 0 saturated carbocycles. The van der Waals surface area contributed by atoms with Crippen LogP contribution in [0.15, 0.2) is 18.2 Å². The van der Waals surface area contributed by atoms with Crippen LogP contribution in [0.25, 0.3) is 0 Å². The van der Waals surface area contributed by atoms with E-state index in [4.69, 9.17) is 34.8 Å². The van der Waals surface area contributed by atoms with Gasteiger partial charge in [0.2, 0.25) is 0 Å². The van der Waals surface area contributed by atoms with Crippen molar-refractivity contribution in [3.63, 3.8) is 0 Å². The summed E-state index contributed by atoms with van der Waals surface area (Å²) in [5, 5.41) is 1.44. The standard InChI is InChI=1S/C14H18Cl3N/c15-9-13-4-2-1-3-7-18(13)10-11-5-6-12(16)8-14(11)17/h5-6,8,13H,1-4,7,9-10H2. The molecule has 0 bridgehead atoms. The summed E-state index contributed by atoms with van der Waals surface area (Å²) >= 11 is 18.2. The van der Waals surface area contributed by atoms with E-state index in [1.165, 1.54) is 25.7 Å². The first kappa shape index (κ1) is 14.5. The van der Waals surface area contributed by atoms with E-state index in [0.29, 0.717) is 16.9 Å². The van der Waals surface area contributed by atoms with Gasteiger partial charge in [-0.15, -0.1) is 11.6 Å². The van der Waals surface area contributed by atoms with E-state index in [9.17, 15) is 0 Å². The molecule has 1 aliphatic rings. The molecule has 1 aliphatic heterocycles. The molecule has 1 aromatic rings. The highest BCUT2D eigenvalue weighted by molar-refractivity contribution is 6.35. The van der Waals surface area contributed by atoms with Crippen LogP contribution in [0.5, 0.6) is 0 Å². The fraction of sp³-hybridized carbons (Fsp3) is 0.571. The quantitative estimate of drug-likeness (QED) is 0.712. The Kier molecular flexibility index (Phi) is 5.62. The molecule has 0 radical (unpaired) electrons. The van der Waals surface area contributed by atoms with Crippen molar-refractivity contribution in [2.24, 2.45) is 0 Å². The molecule has 1 saturated heterocycles. The largest absolute Gasteiger partial charge is 0.295 e. The monoisotopic (exact) mass is 305 g/mol. The van der Waals surface area contributed by atoms with Gasteiger partial charge in [0, 0.05) is 28.5 Å². The van der Waals surface area contributed by atoms with Gasteiger partial charge in [0.15, 0.2) is 0 Å². The first-order valence-corrected chi connectivity index (χ1v) is 7.73. The topological polar surface area (TPSA) is 3.24 Å². The summed E-state index contributed by atoms with van der Waals surface area (Å²) in [6.07, 6.45) is 5.02. The molecule has 4 heteroatoms. The van der Waals surface area contributed by atoms with Crippen molar-refractivity contribution in [1.82, 2.24) is 4.90 Å². The predicted molar refractivity (Wildman–Crippen MR) is 79.8 cm³/mol. The Morgan fingerprint density at radius 2 is 2.00 bits per heavy atom. The Bertz CT molecular complexity index is 395. The Labute approximate surface area is 124 Å². The van der Waals surface area contributed by atoms with Gasteiger partial charge in [0.1, 0.15) is 0 Å². The molecule has 0 aromatic heterocycles. The summed E-state index contributed by atoms with van der Waals surface area (Å²) in [6, 6.07) is 6.20. The Morgan fingerprint density at radius 1 is 1.17 bits per heavy atom. The molecule has 2 rings (SSSR count). The second-order valence-electron chi connectivity index (χ2n) is 4.86. The molecular formula is C14H18Cl3N. The molecule has 18 heavy (non-hydrogen) atoms. The number of nitrogens with zero attached hydrogens (tertiary/aromatic N) is 1. The van der Waals surface area contributed by atoms with Crippen molar-refractivity contribution in [3.8, 4) is 0 Å². The van der Waals surface area contributed by atoms with Crippen LogP contribution in [0, 0.1) is 0 Å². The van der Waals surface area contributed by atoms with Gasteiger partial charge in [-0.2, -0.15) is 0 Å². The van der Waals surface area contributed by atoms with Gasteiger partial charge in [-0.05, 0) is 37.1 Å². The molecule has 1 heterocycles. The van der Waals surface area contributed by atoms with Gasteiger partial charge in [0.25, 0.3) is 0 Å². The minimum atomic E-state index is 0.473. The van der Waals surface area contributed by atoms with E-state index < -0.39 is 0 Å².